The molecule has 0 saturated heterocycles. The number of carbonyl (C=O) groups excluding carboxylic acids is 1. The monoisotopic (exact) mass is 246 g/mol. The largest absolute Gasteiger partial charge is 0.481 e. The highest BCUT2D eigenvalue weighted by molar-refractivity contribution is 5.86. The van der Waals surface area contributed by atoms with Crippen LogP contribution in [0.15, 0.2) is 0 Å². The molecule has 0 aliphatic heterocycles. The van der Waals surface area contributed by atoms with Crippen molar-refractivity contribution < 1.29 is 24.6 Å². The summed E-state index contributed by atoms with van der Waals surface area (Å²) in [5, 5.41) is 21.7. The van der Waals surface area contributed by atoms with E-state index in [1.807, 2.05) is 13.8 Å². The van der Waals surface area contributed by atoms with E-state index in [9.17, 15) is 14.4 Å². The molecule has 17 heavy (non-hydrogen) atoms. The van der Waals surface area contributed by atoms with Gasteiger partial charge in [0.05, 0.1) is 6.42 Å². The van der Waals surface area contributed by atoms with Gasteiger partial charge in [-0.25, -0.2) is 9.59 Å². The molecule has 0 heterocycles. The molecule has 0 aliphatic carbocycles. The van der Waals surface area contributed by atoms with Gasteiger partial charge in [-0.15, -0.1) is 0 Å². The number of aliphatic carboxylic acids is 2. The molecular weight excluding hydrogens is 228 g/mol. The fourth-order valence-electron chi connectivity index (χ4n) is 0.995. The van der Waals surface area contributed by atoms with Gasteiger partial charge in [0.2, 0.25) is 0 Å². The quantitative estimate of drug-likeness (QED) is 0.514. The maximum atomic E-state index is 11.3. The van der Waals surface area contributed by atoms with Crippen LogP contribution in [-0.2, 0) is 9.59 Å². The molecule has 0 bridgehead atoms. The molecule has 0 aromatic carbocycles. The average Bonchev–Trinajstić information content (AvgIpc) is 2.24. The van der Waals surface area contributed by atoms with E-state index in [0.717, 1.165) is 6.42 Å². The van der Waals surface area contributed by atoms with Gasteiger partial charge in [0.25, 0.3) is 0 Å². The molecule has 0 aliphatic rings. The number of urea groups is 1. The van der Waals surface area contributed by atoms with Crippen LogP contribution in [0.5, 0.6) is 0 Å². The Morgan fingerprint density at radius 2 is 1.82 bits per heavy atom. The van der Waals surface area contributed by atoms with Crippen LogP contribution in [0.2, 0.25) is 0 Å². The lowest BCUT2D eigenvalue weighted by atomic mass is 10.1. The molecule has 0 aromatic rings. The van der Waals surface area contributed by atoms with Gasteiger partial charge in [-0.2, -0.15) is 0 Å². The first-order chi connectivity index (χ1) is 7.86. The van der Waals surface area contributed by atoms with Gasteiger partial charge < -0.3 is 20.8 Å². The van der Waals surface area contributed by atoms with Gasteiger partial charge in [-0.3, -0.25) is 4.79 Å². The van der Waals surface area contributed by atoms with Crippen LogP contribution in [0, 0.1) is 5.92 Å². The van der Waals surface area contributed by atoms with Crippen LogP contribution in [0.1, 0.15) is 26.7 Å². The molecule has 0 spiro atoms. The molecule has 0 radical (unpaired) electrons. The van der Waals surface area contributed by atoms with E-state index in [-0.39, 0.29) is 5.92 Å². The third-order valence-corrected chi connectivity index (χ3v) is 2.29. The average molecular weight is 246 g/mol. The van der Waals surface area contributed by atoms with E-state index < -0.39 is 30.4 Å². The van der Waals surface area contributed by atoms with Crippen LogP contribution in [0.3, 0.4) is 0 Å². The van der Waals surface area contributed by atoms with Gasteiger partial charge in [0.1, 0.15) is 6.04 Å². The maximum absolute atomic E-state index is 11.3. The summed E-state index contributed by atoms with van der Waals surface area (Å²) < 4.78 is 0. The summed E-state index contributed by atoms with van der Waals surface area (Å²) in [7, 11) is 0. The number of hydrogen-bond donors (Lipinski definition) is 4. The Balaban J connectivity index is 4.13. The van der Waals surface area contributed by atoms with Crippen molar-refractivity contribution in [2.75, 3.05) is 6.54 Å². The Morgan fingerprint density at radius 1 is 1.24 bits per heavy atom. The lowest BCUT2D eigenvalue weighted by Crippen LogP contribution is -2.47. The third kappa shape index (κ3) is 7.15. The predicted molar refractivity (Wildman–Crippen MR) is 59.7 cm³/mol. The topological polar surface area (TPSA) is 116 Å². The maximum Gasteiger partial charge on any atom is 0.326 e. The molecule has 2 atom stereocenters. The Hall–Kier alpha value is -1.79. The summed E-state index contributed by atoms with van der Waals surface area (Å²) in [6.45, 7) is 4.32. The van der Waals surface area contributed by atoms with Crippen molar-refractivity contribution in [3.63, 3.8) is 0 Å². The number of hydrogen-bond acceptors (Lipinski definition) is 3. The molecule has 7 heteroatoms. The van der Waals surface area contributed by atoms with E-state index in [1.165, 1.54) is 0 Å². The second kappa shape index (κ2) is 7.48. The minimum Gasteiger partial charge on any atom is -0.481 e. The molecule has 4 N–H and O–H groups in total. The van der Waals surface area contributed by atoms with Crippen molar-refractivity contribution in [3.8, 4) is 0 Å². The van der Waals surface area contributed by atoms with E-state index in [1.54, 1.807) is 0 Å². The standard InChI is InChI=1S/C10H18N2O5/c1-3-6(2)5-11-10(17)12-7(9(15)16)4-8(13)14/h6-7H,3-5H2,1-2H3,(H,13,14)(H,15,16)(H2,11,12,17)/t6?,7-/m1/s1. The van der Waals surface area contributed by atoms with Crippen molar-refractivity contribution in [3.05, 3.63) is 0 Å². The van der Waals surface area contributed by atoms with Crippen molar-refractivity contribution in [2.45, 2.75) is 32.7 Å². The Labute approximate surface area is 99.2 Å². The Kier molecular flexibility index (Phi) is 6.69. The summed E-state index contributed by atoms with van der Waals surface area (Å²) >= 11 is 0. The third-order valence-electron chi connectivity index (χ3n) is 2.29. The minimum absolute atomic E-state index is 0.281. The number of carbonyl (C=O) groups is 3. The van der Waals surface area contributed by atoms with Crippen LogP contribution < -0.4 is 10.6 Å². The van der Waals surface area contributed by atoms with E-state index >= 15 is 0 Å². The van der Waals surface area contributed by atoms with Crippen LogP contribution in [0.4, 0.5) is 4.79 Å². The first-order valence-corrected chi connectivity index (χ1v) is 5.35. The van der Waals surface area contributed by atoms with E-state index in [4.69, 9.17) is 10.2 Å². The highest BCUT2D eigenvalue weighted by Gasteiger charge is 2.22. The van der Waals surface area contributed by atoms with Crippen LogP contribution >= 0.6 is 0 Å². The fourth-order valence-corrected chi connectivity index (χ4v) is 0.995. The summed E-state index contributed by atoms with van der Waals surface area (Å²) in [5.41, 5.74) is 0. The fraction of sp³-hybridized carbons (Fsp3) is 0.700. The van der Waals surface area contributed by atoms with E-state index in [2.05, 4.69) is 10.6 Å². The minimum atomic E-state index is -1.41. The van der Waals surface area contributed by atoms with Gasteiger partial charge in [0, 0.05) is 6.54 Å². The molecular formula is C10H18N2O5. The molecule has 2 amide bonds. The summed E-state index contributed by atoms with van der Waals surface area (Å²) in [6.07, 6.45) is 0.240. The second-order valence-electron chi connectivity index (χ2n) is 3.86. The van der Waals surface area contributed by atoms with Gasteiger partial charge in [-0.05, 0) is 5.92 Å². The van der Waals surface area contributed by atoms with Crippen LogP contribution in [-0.4, -0.2) is 40.8 Å². The molecule has 7 nitrogen and oxygen atoms in total. The predicted octanol–water partition coefficient (Wildman–Crippen LogP) is 0.260. The van der Waals surface area contributed by atoms with Crippen molar-refractivity contribution in [2.24, 2.45) is 5.92 Å². The van der Waals surface area contributed by atoms with Gasteiger partial charge >= 0.3 is 18.0 Å². The first-order valence-electron chi connectivity index (χ1n) is 5.35. The molecule has 1 unspecified atom stereocenters. The zero-order valence-electron chi connectivity index (χ0n) is 9.90. The van der Waals surface area contributed by atoms with Gasteiger partial charge in [-0.1, -0.05) is 20.3 Å². The number of nitrogens with one attached hydrogen (secondary N) is 2. The van der Waals surface area contributed by atoms with Crippen LogP contribution in [0.25, 0.3) is 0 Å². The molecule has 0 fully saturated rings. The Morgan fingerprint density at radius 3 is 2.24 bits per heavy atom. The second-order valence-corrected chi connectivity index (χ2v) is 3.86. The van der Waals surface area contributed by atoms with Crippen molar-refractivity contribution in [1.29, 1.82) is 0 Å². The lowest BCUT2D eigenvalue weighted by Gasteiger charge is -2.15. The Bertz CT molecular complexity index is 292. The highest BCUT2D eigenvalue weighted by atomic mass is 16.4. The summed E-state index contributed by atoms with van der Waals surface area (Å²) in [6, 6.07) is -2.08. The van der Waals surface area contributed by atoms with Crippen molar-refractivity contribution >= 4 is 18.0 Å². The first kappa shape index (κ1) is 15.2. The molecule has 0 rings (SSSR count). The number of carboxylic acids is 2. The van der Waals surface area contributed by atoms with Gasteiger partial charge in [0.15, 0.2) is 0 Å². The normalized spacial score (nSPS) is 13.5. The highest BCUT2D eigenvalue weighted by Crippen LogP contribution is 1.97. The zero-order chi connectivity index (χ0) is 13.4. The molecule has 0 aromatic heterocycles. The molecule has 98 valence electrons. The smallest absolute Gasteiger partial charge is 0.326 e. The van der Waals surface area contributed by atoms with E-state index in [0.29, 0.717) is 6.54 Å². The molecule has 0 saturated carbocycles. The zero-order valence-corrected chi connectivity index (χ0v) is 9.90. The summed E-state index contributed by atoms with van der Waals surface area (Å²) in [4.78, 5) is 32.3. The lowest BCUT2D eigenvalue weighted by molar-refractivity contribution is -0.145. The number of carboxylic acid groups (broad SMARTS) is 2. The SMILES string of the molecule is CCC(C)CNC(=O)N[C@H](CC(=O)O)C(=O)O. The summed E-state index contributed by atoms with van der Waals surface area (Å²) in [5.74, 6) is -2.37. The number of amides is 2. The number of rotatable bonds is 7. The van der Waals surface area contributed by atoms with Crippen molar-refractivity contribution in [1.82, 2.24) is 10.6 Å².